The number of phosphoric acid groups is 2. The van der Waals surface area contributed by atoms with Crippen molar-refractivity contribution in [1.29, 1.82) is 0 Å². The van der Waals surface area contributed by atoms with E-state index in [0.29, 0.717) is 9.13 Å². The Bertz CT molecular complexity index is 2330. The zero-order chi connectivity index (χ0) is 41.6. The summed E-state index contributed by atoms with van der Waals surface area (Å²) in [5, 5.41) is 63.3. The van der Waals surface area contributed by atoms with E-state index in [-0.39, 0.29) is 5.82 Å². The lowest BCUT2D eigenvalue weighted by Gasteiger charge is -2.24. The molecule has 2 unspecified atom stereocenters. The highest BCUT2D eigenvalue weighted by Gasteiger charge is 2.51. The summed E-state index contributed by atoms with van der Waals surface area (Å²) in [5.41, 5.74) is 0.789. The van der Waals surface area contributed by atoms with Crippen LogP contribution in [0.2, 0.25) is 0 Å². The molecule has 28 nitrogen and oxygen atoms in total. The Morgan fingerprint density at radius 3 is 1.77 bits per heavy atom. The smallest absolute Gasteiger partial charge is 0.388 e. The molecule has 0 aromatic carbocycles. The lowest BCUT2D eigenvalue weighted by Crippen LogP contribution is -2.37. The quantitative estimate of drug-likeness (QED) is 0.0676. The molecular formula is C27H35N7O21P2. The summed E-state index contributed by atoms with van der Waals surface area (Å²) in [5.74, 6) is -0.207. The van der Waals surface area contributed by atoms with E-state index in [0.717, 1.165) is 41.4 Å². The molecule has 11 N–H and O–H groups in total. The monoisotopic (exact) mass is 855 g/mol. The molecule has 314 valence electrons. The summed E-state index contributed by atoms with van der Waals surface area (Å²) in [6, 6.07) is 2.98. The topological polar surface area (TPSA) is 411 Å². The van der Waals surface area contributed by atoms with Crippen LogP contribution in [0, 0.1) is 0 Å². The number of H-pyrrole nitrogens is 2. The fourth-order valence-corrected chi connectivity index (χ4v) is 8.63. The summed E-state index contributed by atoms with van der Waals surface area (Å²) in [6.45, 7) is -1.94. The Morgan fingerprint density at radius 1 is 0.702 bits per heavy atom. The molecular weight excluding hydrogens is 820 g/mol. The number of nitrogens with two attached hydrogens (primary N) is 1. The van der Waals surface area contributed by atoms with Crippen LogP contribution >= 0.6 is 15.6 Å². The van der Waals surface area contributed by atoms with Gasteiger partial charge in [-0.25, -0.2) is 23.5 Å². The van der Waals surface area contributed by atoms with Gasteiger partial charge in [-0.3, -0.25) is 46.8 Å². The molecule has 0 saturated carbocycles. The second-order valence-corrected chi connectivity index (χ2v) is 15.8. The average molecular weight is 856 g/mol. The van der Waals surface area contributed by atoms with Gasteiger partial charge in [0, 0.05) is 37.1 Å². The van der Waals surface area contributed by atoms with Gasteiger partial charge in [-0.1, -0.05) is 0 Å². The number of nitrogen functional groups attached to an aromatic ring is 1. The number of nitrogens with one attached hydrogen (secondary N) is 2. The fraction of sp³-hybridized carbons (Fsp3) is 0.556. The maximum Gasteiger partial charge on any atom is 0.483 e. The first-order valence-corrected chi connectivity index (χ1v) is 19.4. The number of nitrogens with zero attached hydrogens (tertiary/aromatic N) is 4. The van der Waals surface area contributed by atoms with Gasteiger partial charge in [0.05, 0.1) is 19.3 Å². The van der Waals surface area contributed by atoms with E-state index in [2.05, 4.69) is 4.98 Å². The molecule has 6 rings (SSSR count). The number of aliphatic hydroxyl groups excluding tert-OH is 6. The summed E-state index contributed by atoms with van der Waals surface area (Å²) < 4.78 is 65.5. The lowest BCUT2D eigenvalue weighted by atomic mass is 10.1. The second-order valence-electron chi connectivity index (χ2n) is 12.6. The summed E-state index contributed by atoms with van der Waals surface area (Å²) >= 11 is 0. The zero-order valence-corrected chi connectivity index (χ0v) is 30.4. The number of aliphatic hydroxyl groups is 6. The molecule has 57 heavy (non-hydrogen) atoms. The molecule has 3 saturated heterocycles. The first-order valence-electron chi connectivity index (χ1n) is 16.4. The van der Waals surface area contributed by atoms with Gasteiger partial charge < -0.3 is 55.5 Å². The standard InChI is InChI=1S/C27H35N7O21P2/c28-12-1-5-32(25(43)29-12)23-19(41)20(42)24(53-23)54-56(46,47)55-57(48,50-9-11-16(38)18(40)22(52-11)34-7-3-14(36)31-27(34)45)49-8-4-10-15(37)17(39)21(51-10)33-6-2-13(35)30-26(33)44/h1-3,5-7,10-11,15-24,37-42H,4,8-9H2,(H,46,47)(H2,28,29,43)(H,30,35,44)(H,31,36,45)/t10-,11-,15-,16-,17-,18-,19-,20+,21-,22-,23-,24-,57?/m1/s1. The van der Waals surface area contributed by atoms with Crippen LogP contribution in [0.3, 0.4) is 0 Å². The summed E-state index contributed by atoms with van der Waals surface area (Å²) in [7, 11) is -11.3. The van der Waals surface area contributed by atoms with Crippen LogP contribution in [0.5, 0.6) is 0 Å². The zero-order valence-electron chi connectivity index (χ0n) is 28.6. The van der Waals surface area contributed by atoms with Crippen LogP contribution in [0.15, 0.2) is 60.8 Å². The SMILES string of the molecule is Nc1ccn([C@@H]2O[C@H](OP(=O)(O)OP(=O)(OCC[C@H]3O[C@@H](n4ccc(=O)[nH]c4=O)[C@H](O)[C@@H]3O)OC[C@H]3O[C@@H](n4ccc(=O)[nH]c4=O)[C@H](O)[C@@H]3O)[C@@H](O)[C@H]2O)c(=O)n1. The van der Waals surface area contributed by atoms with Gasteiger partial charge in [0.15, 0.2) is 25.0 Å². The molecule has 0 spiro atoms. The van der Waals surface area contributed by atoms with Crippen LogP contribution in [0.1, 0.15) is 25.1 Å². The minimum absolute atomic E-state index is 0.207. The van der Waals surface area contributed by atoms with Crippen LogP contribution in [-0.4, -0.2) is 133 Å². The van der Waals surface area contributed by atoms with Crippen molar-refractivity contribution in [2.45, 2.75) is 80.2 Å². The van der Waals surface area contributed by atoms with Crippen molar-refractivity contribution >= 4 is 21.5 Å². The number of aromatic amines is 2. The highest BCUT2D eigenvalue weighted by molar-refractivity contribution is 7.61. The van der Waals surface area contributed by atoms with Crippen molar-refractivity contribution in [1.82, 2.24) is 28.7 Å². The number of ether oxygens (including phenoxy) is 3. The number of aromatic nitrogens is 6. The van der Waals surface area contributed by atoms with E-state index < -0.39 is 137 Å². The minimum atomic E-state index is -5.82. The molecule has 3 aromatic heterocycles. The molecule has 0 radical (unpaired) electrons. The van der Waals surface area contributed by atoms with Crippen LogP contribution in [-0.2, 0) is 41.2 Å². The Balaban J connectivity index is 1.18. The van der Waals surface area contributed by atoms with Crippen molar-refractivity contribution < 1.29 is 76.8 Å². The van der Waals surface area contributed by atoms with E-state index >= 15 is 0 Å². The Hall–Kier alpha value is -4.06. The van der Waals surface area contributed by atoms with Gasteiger partial charge in [0.1, 0.15) is 48.5 Å². The van der Waals surface area contributed by atoms with Crippen molar-refractivity contribution in [2.75, 3.05) is 18.9 Å². The molecule has 0 bridgehead atoms. The number of phosphoric ester groups is 2. The summed E-state index contributed by atoms with van der Waals surface area (Å²) in [6.07, 6.45) is -19.2. The maximum atomic E-state index is 14.0. The highest BCUT2D eigenvalue weighted by atomic mass is 31.3. The lowest BCUT2D eigenvalue weighted by molar-refractivity contribution is -0.135. The number of hydrogen-bond acceptors (Lipinski definition) is 22. The van der Waals surface area contributed by atoms with Gasteiger partial charge in [-0.2, -0.15) is 9.29 Å². The van der Waals surface area contributed by atoms with Crippen molar-refractivity contribution in [3.63, 3.8) is 0 Å². The van der Waals surface area contributed by atoms with Crippen LogP contribution in [0.4, 0.5) is 5.82 Å². The van der Waals surface area contributed by atoms with Crippen LogP contribution in [0.25, 0.3) is 0 Å². The third-order valence-electron chi connectivity index (χ3n) is 8.73. The van der Waals surface area contributed by atoms with Crippen molar-refractivity contribution in [2.24, 2.45) is 0 Å². The number of anilines is 1. The minimum Gasteiger partial charge on any atom is -0.388 e. The molecule has 14 atom stereocenters. The molecule has 30 heteroatoms. The van der Waals surface area contributed by atoms with Gasteiger partial charge >= 0.3 is 32.7 Å². The van der Waals surface area contributed by atoms with E-state index in [1.807, 2.05) is 9.97 Å². The third-order valence-corrected chi connectivity index (χ3v) is 11.8. The Labute approximate surface area is 315 Å². The highest BCUT2D eigenvalue weighted by Crippen LogP contribution is 2.64. The fourth-order valence-electron chi connectivity index (χ4n) is 5.92. The van der Waals surface area contributed by atoms with E-state index in [9.17, 15) is 68.6 Å². The Kier molecular flexibility index (Phi) is 12.4. The number of rotatable bonds is 14. The maximum absolute atomic E-state index is 14.0. The van der Waals surface area contributed by atoms with Gasteiger partial charge in [-0.05, 0) is 6.07 Å². The molecule has 3 fully saturated rings. The van der Waals surface area contributed by atoms with Crippen molar-refractivity contribution in [3.8, 4) is 0 Å². The van der Waals surface area contributed by atoms with Gasteiger partial charge in [0.25, 0.3) is 11.1 Å². The van der Waals surface area contributed by atoms with Crippen molar-refractivity contribution in [3.05, 3.63) is 89.0 Å². The van der Waals surface area contributed by atoms with E-state index in [1.165, 1.54) is 0 Å². The second kappa shape index (κ2) is 16.7. The third kappa shape index (κ3) is 9.16. The predicted octanol–water partition coefficient (Wildman–Crippen LogP) is -5.59. The largest absolute Gasteiger partial charge is 0.483 e. The Morgan fingerprint density at radius 2 is 1.21 bits per heavy atom. The average Bonchev–Trinajstić information content (AvgIpc) is 3.68. The molecule has 6 heterocycles. The molecule has 0 amide bonds. The number of hydrogen-bond donors (Lipinski definition) is 10. The van der Waals surface area contributed by atoms with Gasteiger partial charge in [0.2, 0.25) is 0 Å². The first kappa shape index (κ1) is 42.5. The van der Waals surface area contributed by atoms with Gasteiger partial charge in [-0.15, -0.1) is 0 Å². The molecule has 0 aliphatic carbocycles. The summed E-state index contributed by atoms with van der Waals surface area (Å²) in [4.78, 5) is 77.7. The van der Waals surface area contributed by atoms with E-state index in [4.69, 9.17) is 37.8 Å². The molecule has 3 aliphatic rings. The van der Waals surface area contributed by atoms with E-state index in [1.54, 1.807) is 0 Å². The molecule has 3 aliphatic heterocycles. The normalized spacial score (nSPS) is 33.6. The van der Waals surface area contributed by atoms with Crippen LogP contribution < -0.4 is 33.9 Å². The molecule has 3 aromatic rings. The predicted molar refractivity (Wildman–Crippen MR) is 179 cm³/mol. The first-order chi connectivity index (χ1) is 26.8.